The number of hydrogen-bond donors (Lipinski definition) is 3. The average molecular weight is 224 g/mol. The number of hydrogen-bond acceptors (Lipinski definition) is 5. The van der Waals surface area contributed by atoms with Gasteiger partial charge in [0.05, 0.1) is 6.54 Å². The van der Waals surface area contributed by atoms with Crippen LogP contribution in [0.2, 0.25) is 0 Å². The number of aliphatic carboxylic acids is 1. The van der Waals surface area contributed by atoms with Crippen LogP contribution in [0.4, 0.5) is 5.95 Å². The normalized spacial score (nSPS) is 11.8. The minimum atomic E-state index is -1.01. The summed E-state index contributed by atoms with van der Waals surface area (Å²) in [5, 5.41) is 13.5. The van der Waals surface area contributed by atoms with E-state index >= 15 is 0 Å². The van der Waals surface area contributed by atoms with E-state index in [9.17, 15) is 9.59 Å². The fourth-order valence-corrected chi connectivity index (χ4v) is 0.866. The molecule has 0 saturated carbocycles. The summed E-state index contributed by atoms with van der Waals surface area (Å²) in [4.78, 5) is 29.3. The molecule has 1 heterocycles. The van der Waals surface area contributed by atoms with Crippen LogP contribution < -0.4 is 10.6 Å². The lowest BCUT2D eigenvalue weighted by atomic mass is 10.3. The van der Waals surface area contributed by atoms with Crippen molar-refractivity contribution in [1.29, 1.82) is 0 Å². The maximum absolute atomic E-state index is 11.3. The van der Waals surface area contributed by atoms with Crippen molar-refractivity contribution in [2.75, 3.05) is 11.9 Å². The lowest BCUT2D eigenvalue weighted by Gasteiger charge is -2.08. The van der Waals surface area contributed by atoms with Gasteiger partial charge in [-0.2, -0.15) is 0 Å². The molecule has 0 aliphatic carbocycles. The van der Waals surface area contributed by atoms with E-state index in [1.807, 2.05) is 0 Å². The number of amides is 1. The van der Waals surface area contributed by atoms with Crippen molar-refractivity contribution in [3.63, 3.8) is 0 Å². The smallest absolute Gasteiger partial charge is 0.320 e. The Morgan fingerprint density at radius 2 is 2.06 bits per heavy atom. The molecule has 1 aromatic rings. The molecule has 0 aliphatic heterocycles. The first-order valence-corrected chi connectivity index (χ1v) is 4.62. The summed E-state index contributed by atoms with van der Waals surface area (Å²) in [6.07, 6.45) is 2.99. The Morgan fingerprint density at radius 3 is 2.62 bits per heavy atom. The molecule has 0 radical (unpaired) electrons. The zero-order chi connectivity index (χ0) is 12.0. The number of carboxylic acids is 1. The Bertz CT molecular complexity index is 368. The highest BCUT2D eigenvalue weighted by Gasteiger charge is 2.11. The van der Waals surface area contributed by atoms with Crippen LogP contribution in [-0.4, -0.2) is 39.5 Å². The quantitative estimate of drug-likeness (QED) is 0.621. The predicted molar refractivity (Wildman–Crippen MR) is 55.8 cm³/mol. The van der Waals surface area contributed by atoms with E-state index in [1.54, 1.807) is 6.07 Å². The zero-order valence-electron chi connectivity index (χ0n) is 8.67. The molecular weight excluding hydrogens is 212 g/mol. The van der Waals surface area contributed by atoms with E-state index in [1.165, 1.54) is 19.3 Å². The molecule has 0 bridgehead atoms. The molecule has 3 N–H and O–H groups in total. The summed E-state index contributed by atoms with van der Waals surface area (Å²) in [5.74, 6) is -1.21. The van der Waals surface area contributed by atoms with Crippen molar-refractivity contribution in [1.82, 2.24) is 15.3 Å². The van der Waals surface area contributed by atoms with Gasteiger partial charge in [-0.3, -0.25) is 20.2 Å². The van der Waals surface area contributed by atoms with Crippen LogP contribution in [-0.2, 0) is 9.59 Å². The summed E-state index contributed by atoms with van der Waals surface area (Å²) in [7, 11) is 0. The van der Waals surface area contributed by atoms with Crippen LogP contribution in [0.1, 0.15) is 6.92 Å². The van der Waals surface area contributed by atoms with E-state index < -0.39 is 12.0 Å². The van der Waals surface area contributed by atoms with Crippen molar-refractivity contribution < 1.29 is 14.7 Å². The highest BCUT2D eigenvalue weighted by molar-refractivity contribution is 5.90. The predicted octanol–water partition coefficient (Wildman–Crippen LogP) is -0.522. The summed E-state index contributed by atoms with van der Waals surface area (Å²) < 4.78 is 0. The average Bonchev–Trinajstić information content (AvgIpc) is 2.27. The first-order valence-electron chi connectivity index (χ1n) is 4.62. The lowest BCUT2D eigenvalue weighted by molar-refractivity contribution is -0.139. The maximum Gasteiger partial charge on any atom is 0.320 e. The van der Waals surface area contributed by atoms with Crippen LogP contribution in [0.3, 0.4) is 0 Å². The van der Waals surface area contributed by atoms with Gasteiger partial charge in [0.25, 0.3) is 0 Å². The van der Waals surface area contributed by atoms with Crippen LogP contribution in [0.5, 0.6) is 0 Å². The number of aromatic nitrogens is 2. The maximum atomic E-state index is 11.3. The Morgan fingerprint density at radius 1 is 1.44 bits per heavy atom. The van der Waals surface area contributed by atoms with Crippen molar-refractivity contribution in [2.24, 2.45) is 0 Å². The molecule has 7 nitrogen and oxygen atoms in total. The van der Waals surface area contributed by atoms with Gasteiger partial charge in [0, 0.05) is 12.4 Å². The van der Waals surface area contributed by atoms with Crippen LogP contribution >= 0.6 is 0 Å². The summed E-state index contributed by atoms with van der Waals surface area (Å²) in [6.45, 7) is 1.35. The Kier molecular flexibility index (Phi) is 4.34. The van der Waals surface area contributed by atoms with Gasteiger partial charge >= 0.3 is 5.97 Å². The van der Waals surface area contributed by atoms with Gasteiger partial charge in [0.15, 0.2) is 0 Å². The summed E-state index contributed by atoms with van der Waals surface area (Å²) >= 11 is 0. The number of carboxylic acid groups (broad SMARTS) is 1. The summed E-state index contributed by atoms with van der Waals surface area (Å²) in [5.41, 5.74) is 0. The number of anilines is 1. The third-order valence-corrected chi connectivity index (χ3v) is 1.76. The Balaban J connectivity index is 2.35. The summed E-state index contributed by atoms with van der Waals surface area (Å²) in [6, 6.07) is 0.850. The number of nitrogens with one attached hydrogen (secondary N) is 2. The van der Waals surface area contributed by atoms with Gasteiger partial charge in [0.2, 0.25) is 11.9 Å². The molecular formula is C9H12N4O3. The van der Waals surface area contributed by atoms with Crippen molar-refractivity contribution in [2.45, 2.75) is 13.0 Å². The van der Waals surface area contributed by atoms with Gasteiger partial charge in [0.1, 0.15) is 6.04 Å². The molecule has 1 amide bonds. The topological polar surface area (TPSA) is 104 Å². The Hall–Kier alpha value is -2.02. The van der Waals surface area contributed by atoms with Gasteiger partial charge in [-0.05, 0) is 13.0 Å². The molecule has 0 spiro atoms. The number of rotatable bonds is 5. The number of carbonyl (C=O) groups excluding carboxylic acids is 1. The molecule has 1 unspecified atom stereocenters. The minimum absolute atomic E-state index is 0.105. The van der Waals surface area contributed by atoms with E-state index in [2.05, 4.69) is 20.6 Å². The SMILES string of the molecule is CC(NCC(=O)Nc1ncccn1)C(=O)O. The number of nitrogens with zero attached hydrogens (tertiary/aromatic N) is 2. The Labute approximate surface area is 91.9 Å². The third-order valence-electron chi connectivity index (χ3n) is 1.76. The molecule has 1 atom stereocenters. The molecule has 1 aromatic heterocycles. The number of carbonyl (C=O) groups is 2. The molecule has 1 rings (SSSR count). The fraction of sp³-hybridized carbons (Fsp3) is 0.333. The second-order valence-electron chi connectivity index (χ2n) is 3.06. The molecule has 0 aromatic carbocycles. The molecule has 0 fully saturated rings. The van der Waals surface area contributed by atoms with Crippen LogP contribution in [0, 0.1) is 0 Å². The van der Waals surface area contributed by atoms with Crippen molar-refractivity contribution >= 4 is 17.8 Å². The molecule has 0 saturated heterocycles. The molecule has 0 aliphatic rings. The fourth-order valence-electron chi connectivity index (χ4n) is 0.866. The highest BCUT2D eigenvalue weighted by Crippen LogP contribution is 1.92. The van der Waals surface area contributed by atoms with E-state index in [4.69, 9.17) is 5.11 Å². The second-order valence-corrected chi connectivity index (χ2v) is 3.06. The largest absolute Gasteiger partial charge is 0.480 e. The second kappa shape index (κ2) is 5.76. The van der Waals surface area contributed by atoms with Gasteiger partial charge in [-0.25, -0.2) is 9.97 Å². The lowest BCUT2D eigenvalue weighted by Crippen LogP contribution is -2.39. The van der Waals surface area contributed by atoms with E-state index in [0.717, 1.165) is 0 Å². The highest BCUT2D eigenvalue weighted by atomic mass is 16.4. The van der Waals surface area contributed by atoms with Crippen molar-refractivity contribution in [3.8, 4) is 0 Å². The third kappa shape index (κ3) is 4.01. The van der Waals surface area contributed by atoms with E-state index in [-0.39, 0.29) is 18.4 Å². The zero-order valence-corrected chi connectivity index (χ0v) is 8.67. The van der Waals surface area contributed by atoms with Crippen molar-refractivity contribution in [3.05, 3.63) is 18.5 Å². The van der Waals surface area contributed by atoms with Gasteiger partial charge < -0.3 is 5.11 Å². The first-order chi connectivity index (χ1) is 7.59. The molecule has 16 heavy (non-hydrogen) atoms. The standard InChI is InChI=1S/C9H12N4O3/c1-6(8(15)16)12-5-7(14)13-9-10-3-2-4-11-9/h2-4,6,12H,5H2,1H3,(H,15,16)(H,10,11,13,14). The van der Waals surface area contributed by atoms with Gasteiger partial charge in [-0.15, -0.1) is 0 Å². The van der Waals surface area contributed by atoms with Crippen LogP contribution in [0.15, 0.2) is 18.5 Å². The molecule has 86 valence electrons. The molecule has 7 heteroatoms. The minimum Gasteiger partial charge on any atom is -0.480 e. The monoisotopic (exact) mass is 224 g/mol. The van der Waals surface area contributed by atoms with E-state index in [0.29, 0.717) is 0 Å². The van der Waals surface area contributed by atoms with Gasteiger partial charge in [-0.1, -0.05) is 0 Å². The van der Waals surface area contributed by atoms with Crippen LogP contribution in [0.25, 0.3) is 0 Å². The first kappa shape index (κ1) is 12.1.